The molecule has 2 heterocycles. The van der Waals surface area contributed by atoms with E-state index in [0.29, 0.717) is 17.5 Å². The van der Waals surface area contributed by atoms with Crippen LogP contribution in [-0.4, -0.2) is 47.1 Å². The molecule has 4 rings (SSSR count). The van der Waals surface area contributed by atoms with Crippen LogP contribution >= 0.6 is 0 Å². The van der Waals surface area contributed by atoms with Crippen LogP contribution in [0.3, 0.4) is 0 Å². The number of hydrogen-bond donors (Lipinski definition) is 2. The van der Waals surface area contributed by atoms with E-state index < -0.39 is 0 Å². The van der Waals surface area contributed by atoms with Crippen molar-refractivity contribution in [2.45, 2.75) is 18.9 Å². The van der Waals surface area contributed by atoms with E-state index in [0.717, 1.165) is 37.4 Å². The van der Waals surface area contributed by atoms with Crippen molar-refractivity contribution in [2.75, 3.05) is 30.4 Å². The van der Waals surface area contributed by atoms with Crippen molar-refractivity contribution in [3.05, 3.63) is 66.5 Å². The van der Waals surface area contributed by atoms with E-state index in [2.05, 4.69) is 30.5 Å². The quantitative estimate of drug-likeness (QED) is 0.652. The van der Waals surface area contributed by atoms with Gasteiger partial charge in [-0.1, -0.05) is 24.3 Å². The highest BCUT2D eigenvalue weighted by Crippen LogP contribution is 2.22. The van der Waals surface area contributed by atoms with E-state index in [1.165, 1.54) is 6.33 Å². The highest BCUT2D eigenvalue weighted by molar-refractivity contribution is 5.95. The standard InChI is InChI=1S/C22H24N6O2/c1-23-20(29)16-6-5-7-17(14-16)26-21-24-15-25-22(27-21)28-12-10-19(11-13-28)30-18-8-3-2-4-9-18/h2-9,14-15,19H,10-13H2,1H3,(H,23,29)(H,24,25,26,27). The first kappa shape index (κ1) is 19.6. The number of hydrogen-bond acceptors (Lipinski definition) is 7. The van der Waals surface area contributed by atoms with E-state index in [1.54, 1.807) is 19.2 Å². The van der Waals surface area contributed by atoms with E-state index in [9.17, 15) is 4.79 Å². The third-order valence-corrected chi connectivity index (χ3v) is 4.94. The molecule has 0 bridgehead atoms. The number of carbonyl (C=O) groups is 1. The SMILES string of the molecule is CNC(=O)c1cccc(Nc2ncnc(N3CCC(Oc4ccccc4)CC3)n2)c1. The van der Waals surface area contributed by atoms with Gasteiger partial charge < -0.3 is 20.3 Å². The fraction of sp³-hybridized carbons (Fsp3) is 0.273. The van der Waals surface area contributed by atoms with Crippen LogP contribution in [0.2, 0.25) is 0 Å². The first-order valence-corrected chi connectivity index (χ1v) is 9.96. The first-order valence-electron chi connectivity index (χ1n) is 9.96. The summed E-state index contributed by atoms with van der Waals surface area (Å²) >= 11 is 0. The average Bonchev–Trinajstić information content (AvgIpc) is 2.80. The molecular formula is C22H24N6O2. The van der Waals surface area contributed by atoms with Crippen molar-refractivity contribution in [3.8, 4) is 5.75 Å². The summed E-state index contributed by atoms with van der Waals surface area (Å²) in [5.41, 5.74) is 1.31. The first-order chi connectivity index (χ1) is 14.7. The molecule has 0 unspecified atom stereocenters. The van der Waals surface area contributed by atoms with Gasteiger partial charge >= 0.3 is 0 Å². The summed E-state index contributed by atoms with van der Waals surface area (Å²) < 4.78 is 6.06. The molecule has 1 aromatic heterocycles. The molecule has 0 radical (unpaired) electrons. The third-order valence-electron chi connectivity index (χ3n) is 4.94. The smallest absolute Gasteiger partial charge is 0.251 e. The van der Waals surface area contributed by atoms with Crippen LogP contribution in [0, 0.1) is 0 Å². The number of ether oxygens (including phenoxy) is 1. The molecule has 1 aliphatic rings. The Hall–Kier alpha value is -3.68. The van der Waals surface area contributed by atoms with Gasteiger partial charge in [-0.05, 0) is 30.3 Å². The Morgan fingerprint density at radius 3 is 2.63 bits per heavy atom. The second kappa shape index (κ2) is 9.21. The summed E-state index contributed by atoms with van der Waals surface area (Å²) in [6.07, 6.45) is 3.49. The minimum absolute atomic E-state index is 0.143. The largest absolute Gasteiger partial charge is 0.490 e. The molecular weight excluding hydrogens is 380 g/mol. The molecule has 0 aliphatic carbocycles. The van der Waals surface area contributed by atoms with Gasteiger partial charge in [-0.2, -0.15) is 4.98 Å². The van der Waals surface area contributed by atoms with E-state index in [1.807, 2.05) is 42.5 Å². The van der Waals surface area contributed by atoms with E-state index in [-0.39, 0.29) is 12.0 Å². The van der Waals surface area contributed by atoms with Crippen LogP contribution in [0.15, 0.2) is 60.9 Å². The third kappa shape index (κ3) is 4.83. The van der Waals surface area contributed by atoms with Crippen LogP contribution in [0.1, 0.15) is 23.2 Å². The average molecular weight is 404 g/mol. The number of benzene rings is 2. The van der Waals surface area contributed by atoms with Gasteiger partial charge in [0.1, 0.15) is 18.2 Å². The molecule has 0 atom stereocenters. The Morgan fingerprint density at radius 2 is 1.87 bits per heavy atom. The normalized spacial score (nSPS) is 14.2. The van der Waals surface area contributed by atoms with Crippen molar-refractivity contribution in [1.29, 1.82) is 0 Å². The number of rotatable bonds is 6. The number of anilines is 3. The van der Waals surface area contributed by atoms with Crippen molar-refractivity contribution in [1.82, 2.24) is 20.3 Å². The predicted molar refractivity (Wildman–Crippen MR) is 115 cm³/mol. The minimum Gasteiger partial charge on any atom is -0.490 e. The number of piperidine rings is 1. The van der Waals surface area contributed by atoms with Gasteiger partial charge in [0, 0.05) is 44.2 Å². The number of nitrogens with zero attached hydrogens (tertiary/aromatic N) is 4. The van der Waals surface area contributed by atoms with Crippen LogP contribution < -0.4 is 20.3 Å². The van der Waals surface area contributed by atoms with Gasteiger partial charge in [-0.25, -0.2) is 9.97 Å². The molecule has 0 saturated carbocycles. The summed E-state index contributed by atoms with van der Waals surface area (Å²) in [6, 6.07) is 17.1. The molecule has 1 aliphatic heterocycles. The molecule has 8 heteroatoms. The van der Waals surface area contributed by atoms with Gasteiger partial charge in [-0.15, -0.1) is 0 Å². The van der Waals surface area contributed by atoms with Gasteiger partial charge in [0.15, 0.2) is 0 Å². The highest BCUT2D eigenvalue weighted by Gasteiger charge is 2.22. The maximum absolute atomic E-state index is 11.8. The molecule has 0 spiro atoms. The Labute approximate surface area is 175 Å². The molecule has 3 aromatic rings. The van der Waals surface area contributed by atoms with Gasteiger partial charge in [-0.3, -0.25) is 4.79 Å². The number of carbonyl (C=O) groups excluding carboxylic acids is 1. The van der Waals surface area contributed by atoms with Crippen molar-refractivity contribution < 1.29 is 9.53 Å². The van der Waals surface area contributed by atoms with Crippen molar-refractivity contribution in [2.24, 2.45) is 0 Å². The second-order valence-corrected chi connectivity index (χ2v) is 7.01. The lowest BCUT2D eigenvalue weighted by Crippen LogP contribution is -2.39. The Balaban J connectivity index is 1.38. The number of para-hydroxylation sites is 1. The summed E-state index contributed by atoms with van der Waals surface area (Å²) in [7, 11) is 1.61. The lowest BCUT2D eigenvalue weighted by molar-refractivity contribution is 0.0963. The van der Waals surface area contributed by atoms with Gasteiger partial charge in [0.25, 0.3) is 5.91 Å². The maximum atomic E-state index is 11.8. The minimum atomic E-state index is -0.143. The topological polar surface area (TPSA) is 92.3 Å². The highest BCUT2D eigenvalue weighted by atomic mass is 16.5. The summed E-state index contributed by atoms with van der Waals surface area (Å²) in [5.74, 6) is 1.84. The van der Waals surface area contributed by atoms with Gasteiger partial charge in [0.05, 0.1) is 0 Å². The second-order valence-electron chi connectivity index (χ2n) is 7.01. The van der Waals surface area contributed by atoms with Crippen LogP contribution in [-0.2, 0) is 0 Å². The van der Waals surface area contributed by atoms with E-state index >= 15 is 0 Å². The predicted octanol–water partition coefficient (Wildman–Crippen LogP) is 3.02. The Morgan fingerprint density at radius 1 is 1.07 bits per heavy atom. The lowest BCUT2D eigenvalue weighted by atomic mass is 10.1. The molecule has 1 fully saturated rings. The number of nitrogens with one attached hydrogen (secondary N) is 2. The zero-order valence-electron chi connectivity index (χ0n) is 16.8. The fourth-order valence-corrected chi connectivity index (χ4v) is 3.38. The molecule has 154 valence electrons. The summed E-state index contributed by atoms with van der Waals surface area (Å²) in [6.45, 7) is 1.63. The van der Waals surface area contributed by atoms with Crippen molar-refractivity contribution >= 4 is 23.5 Å². The van der Waals surface area contributed by atoms with E-state index in [4.69, 9.17) is 4.74 Å². The Bertz CT molecular complexity index is 990. The molecule has 2 aromatic carbocycles. The van der Waals surface area contributed by atoms with Crippen molar-refractivity contribution in [3.63, 3.8) is 0 Å². The molecule has 1 saturated heterocycles. The monoisotopic (exact) mass is 404 g/mol. The van der Waals surface area contributed by atoms with Crippen LogP contribution in [0.4, 0.5) is 17.6 Å². The lowest BCUT2D eigenvalue weighted by Gasteiger charge is -2.32. The number of amides is 1. The molecule has 8 nitrogen and oxygen atoms in total. The Kier molecular flexibility index (Phi) is 6.03. The van der Waals surface area contributed by atoms with Crippen LogP contribution in [0.5, 0.6) is 5.75 Å². The van der Waals surface area contributed by atoms with Gasteiger partial charge in [0.2, 0.25) is 11.9 Å². The zero-order chi connectivity index (χ0) is 20.8. The molecule has 1 amide bonds. The fourth-order valence-electron chi connectivity index (χ4n) is 3.38. The number of aromatic nitrogens is 3. The molecule has 30 heavy (non-hydrogen) atoms. The summed E-state index contributed by atoms with van der Waals surface area (Å²) in [4.78, 5) is 27.0. The maximum Gasteiger partial charge on any atom is 0.251 e. The zero-order valence-corrected chi connectivity index (χ0v) is 16.8. The molecule has 2 N–H and O–H groups in total. The summed E-state index contributed by atoms with van der Waals surface area (Å²) in [5, 5.41) is 5.77. The van der Waals surface area contributed by atoms with Crippen LogP contribution in [0.25, 0.3) is 0 Å².